The van der Waals surface area contributed by atoms with Crippen LogP contribution < -0.4 is 5.32 Å². The number of pyridine rings is 1. The molecule has 21 heavy (non-hydrogen) atoms. The third kappa shape index (κ3) is 3.00. The highest BCUT2D eigenvalue weighted by molar-refractivity contribution is 6.03. The van der Waals surface area contributed by atoms with Crippen LogP contribution >= 0.6 is 0 Å². The van der Waals surface area contributed by atoms with E-state index in [9.17, 15) is 4.79 Å². The summed E-state index contributed by atoms with van der Waals surface area (Å²) in [5.41, 5.74) is 2.68. The number of rotatable bonds is 3. The molecule has 2 aromatic heterocycles. The lowest BCUT2D eigenvalue weighted by Gasteiger charge is -2.06. The molecule has 3 rings (SSSR count). The van der Waals surface area contributed by atoms with Gasteiger partial charge in [-0.25, -0.2) is 4.98 Å². The van der Waals surface area contributed by atoms with E-state index >= 15 is 0 Å². The van der Waals surface area contributed by atoms with E-state index in [1.165, 1.54) is 0 Å². The molecule has 0 saturated carbocycles. The van der Waals surface area contributed by atoms with Gasteiger partial charge in [0, 0.05) is 29.8 Å². The number of aromatic nitrogens is 2. The summed E-state index contributed by atoms with van der Waals surface area (Å²) >= 11 is 0. The third-order valence-corrected chi connectivity index (χ3v) is 3.19. The average molecular weight is 277 g/mol. The summed E-state index contributed by atoms with van der Waals surface area (Å²) in [5.74, 6) is 0.394. The van der Waals surface area contributed by atoms with Gasteiger partial charge in [0.05, 0.1) is 0 Å². The quantitative estimate of drug-likeness (QED) is 0.797. The predicted octanol–water partition coefficient (Wildman–Crippen LogP) is 3.43. The van der Waals surface area contributed by atoms with Crippen molar-refractivity contribution in [3.05, 3.63) is 78.2 Å². The number of nitrogens with one attached hydrogen (secondary N) is 1. The van der Waals surface area contributed by atoms with Gasteiger partial charge in [0.15, 0.2) is 0 Å². The topological polar surface area (TPSA) is 46.9 Å². The fourth-order valence-corrected chi connectivity index (χ4v) is 2.02. The molecule has 0 spiro atoms. The van der Waals surface area contributed by atoms with Crippen molar-refractivity contribution >= 4 is 11.7 Å². The van der Waals surface area contributed by atoms with Crippen LogP contribution in [-0.2, 0) is 0 Å². The Labute approximate surface area is 123 Å². The Kier molecular flexibility index (Phi) is 3.51. The molecule has 0 aliphatic rings. The van der Waals surface area contributed by atoms with Gasteiger partial charge in [-0.1, -0.05) is 6.07 Å². The first-order chi connectivity index (χ1) is 10.2. The number of nitrogens with zero attached hydrogens (tertiary/aromatic N) is 2. The van der Waals surface area contributed by atoms with Crippen molar-refractivity contribution in [2.45, 2.75) is 6.92 Å². The van der Waals surface area contributed by atoms with Gasteiger partial charge in [0.2, 0.25) is 0 Å². The van der Waals surface area contributed by atoms with Crippen LogP contribution in [0.25, 0.3) is 5.69 Å². The molecule has 0 radical (unpaired) electrons. The first-order valence-electron chi connectivity index (χ1n) is 6.70. The van der Waals surface area contributed by atoms with Crippen LogP contribution in [0.1, 0.15) is 15.9 Å². The van der Waals surface area contributed by atoms with Crippen molar-refractivity contribution in [2.24, 2.45) is 0 Å². The molecule has 0 aliphatic heterocycles. The van der Waals surface area contributed by atoms with Gasteiger partial charge in [0.1, 0.15) is 5.82 Å². The van der Waals surface area contributed by atoms with Gasteiger partial charge >= 0.3 is 0 Å². The number of amides is 1. The second kappa shape index (κ2) is 5.63. The second-order valence-electron chi connectivity index (χ2n) is 4.81. The number of hydrogen-bond donors (Lipinski definition) is 1. The monoisotopic (exact) mass is 277 g/mol. The third-order valence-electron chi connectivity index (χ3n) is 3.19. The predicted molar refractivity (Wildman–Crippen MR) is 82.7 cm³/mol. The van der Waals surface area contributed by atoms with Crippen LogP contribution in [0, 0.1) is 6.92 Å². The summed E-state index contributed by atoms with van der Waals surface area (Å²) in [7, 11) is 0. The van der Waals surface area contributed by atoms with E-state index < -0.39 is 0 Å². The number of benzene rings is 1. The standard InChI is InChI=1S/C17H15N3O/c1-13-4-9-16(18-12-13)19-17(21)14-5-7-15(8-6-14)20-10-2-3-11-20/h2-12H,1H3,(H,18,19,21). The van der Waals surface area contributed by atoms with E-state index in [1.807, 2.05) is 54.2 Å². The van der Waals surface area contributed by atoms with E-state index in [2.05, 4.69) is 10.3 Å². The SMILES string of the molecule is Cc1ccc(NC(=O)c2ccc(-n3cccc3)cc2)nc1. The maximum Gasteiger partial charge on any atom is 0.256 e. The van der Waals surface area contributed by atoms with E-state index in [4.69, 9.17) is 0 Å². The number of aryl methyl sites for hydroxylation is 1. The first-order valence-corrected chi connectivity index (χ1v) is 6.70. The van der Waals surface area contributed by atoms with Crippen LogP contribution in [-0.4, -0.2) is 15.5 Å². The van der Waals surface area contributed by atoms with E-state index in [-0.39, 0.29) is 5.91 Å². The zero-order valence-corrected chi connectivity index (χ0v) is 11.7. The average Bonchev–Trinajstić information content (AvgIpc) is 3.04. The van der Waals surface area contributed by atoms with Crippen molar-refractivity contribution in [3.63, 3.8) is 0 Å². The van der Waals surface area contributed by atoms with Gasteiger partial charge in [-0.2, -0.15) is 0 Å². The highest BCUT2D eigenvalue weighted by Crippen LogP contribution is 2.12. The minimum atomic E-state index is -0.162. The van der Waals surface area contributed by atoms with Crippen molar-refractivity contribution in [3.8, 4) is 5.69 Å². The maximum atomic E-state index is 12.1. The maximum absolute atomic E-state index is 12.1. The summed E-state index contributed by atoms with van der Waals surface area (Å²) in [6, 6.07) is 15.1. The lowest BCUT2D eigenvalue weighted by molar-refractivity contribution is 0.102. The minimum absolute atomic E-state index is 0.162. The molecular formula is C17H15N3O. The van der Waals surface area contributed by atoms with E-state index in [0.717, 1.165) is 11.3 Å². The van der Waals surface area contributed by atoms with Crippen molar-refractivity contribution in [1.82, 2.24) is 9.55 Å². The molecule has 1 amide bonds. The van der Waals surface area contributed by atoms with Gasteiger partial charge < -0.3 is 9.88 Å². The Balaban J connectivity index is 1.74. The summed E-state index contributed by atoms with van der Waals surface area (Å²) in [6.45, 7) is 1.96. The zero-order chi connectivity index (χ0) is 14.7. The van der Waals surface area contributed by atoms with Gasteiger partial charge in [-0.05, 0) is 55.0 Å². The highest BCUT2D eigenvalue weighted by Gasteiger charge is 2.06. The molecule has 0 bridgehead atoms. The lowest BCUT2D eigenvalue weighted by Crippen LogP contribution is -2.12. The minimum Gasteiger partial charge on any atom is -0.324 e. The zero-order valence-electron chi connectivity index (χ0n) is 11.7. The van der Waals surface area contributed by atoms with Crippen molar-refractivity contribution < 1.29 is 4.79 Å². The van der Waals surface area contributed by atoms with E-state index in [1.54, 1.807) is 24.4 Å². The normalized spacial score (nSPS) is 10.3. The summed E-state index contributed by atoms with van der Waals surface area (Å²) in [4.78, 5) is 16.3. The number of carbonyl (C=O) groups is 1. The molecule has 104 valence electrons. The van der Waals surface area contributed by atoms with Crippen LogP contribution in [0.4, 0.5) is 5.82 Å². The molecule has 1 aromatic carbocycles. The molecule has 0 saturated heterocycles. The van der Waals surface area contributed by atoms with Crippen molar-refractivity contribution in [1.29, 1.82) is 0 Å². The molecule has 0 atom stereocenters. The lowest BCUT2D eigenvalue weighted by atomic mass is 10.2. The van der Waals surface area contributed by atoms with E-state index in [0.29, 0.717) is 11.4 Å². The first kappa shape index (κ1) is 13.1. The molecule has 0 aliphatic carbocycles. The smallest absolute Gasteiger partial charge is 0.256 e. The number of carbonyl (C=O) groups excluding carboxylic acids is 1. The van der Waals surface area contributed by atoms with Crippen LogP contribution in [0.3, 0.4) is 0 Å². The Hall–Kier alpha value is -2.88. The fraction of sp³-hybridized carbons (Fsp3) is 0.0588. The summed E-state index contributed by atoms with van der Waals surface area (Å²) < 4.78 is 1.99. The molecule has 3 aromatic rings. The molecular weight excluding hydrogens is 262 g/mol. The molecule has 4 nitrogen and oxygen atoms in total. The summed E-state index contributed by atoms with van der Waals surface area (Å²) in [5, 5.41) is 2.78. The molecule has 1 N–H and O–H groups in total. The second-order valence-corrected chi connectivity index (χ2v) is 4.81. The van der Waals surface area contributed by atoms with Crippen LogP contribution in [0.5, 0.6) is 0 Å². The Morgan fingerprint density at radius 2 is 1.76 bits per heavy atom. The molecule has 4 heteroatoms. The molecule has 0 fully saturated rings. The molecule has 0 unspecified atom stereocenters. The number of anilines is 1. The molecule has 2 heterocycles. The van der Waals surface area contributed by atoms with Gasteiger partial charge in [-0.3, -0.25) is 4.79 Å². The summed E-state index contributed by atoms with van der Waals surface area (Å²) in [6.07, 6.45) is 5.65. The van der Waals surface area contributed by atoms with Crippen LogP contribution in [0.2, 0.25) is 0 Å². The fourth-order valence-electron chi connectivity index (χ4n) is 2.02. The Bertz CT molecular complexity index is 729. The van der Waals surface area contributed by atoms with Gasteiger partial charge in [0.25, 0.3) is 5.91 Å². The Morgan fingerprint density at radius 3 is 2.38 bits per heavy atom. The van der Waals surface area contributed by atoms with Gasteiger partial charge in [-0.15, -0.1) is 0 Å². The Morgan fingerprint density at radius 1 is 1.05 bits per heavy atom. The van der Waals surface area contributed by atoms with Crippen LogP contribution in [0.15, 0.2) is 67.1 Å². The van der Waals surface area contributed by atoms with Crippen molar-refractivity contribution in [2.75, 3.05) is 5.32 Å². The largest absolute Gasteiger partial charge is 0.324 e. The highest BCUT2D eigenvalue weighted by atomic mass is 16.1. The number of hydrogen-bond acceptors (Lipinski definition) is 2.